The zero-order valence-electron chi connectivity index (χ0n) is 21.9. The average molecular weight is 532 g/mol. The fourth-order valence-corrected chi connectivity index (χ4v) is 4.68. The van der Waals surface area contributed by atoms with Gasteiger partial charge in [0.15, 0.2) is 5.76 Å². The van der Waals surface area contributed by atoms with Crippen LogP contribution in [0.1, 0.15) is 41.4 Å². The van der Waals surface area contributed by atoms with Crippen LogP contribution in [-0.2, 0) is 11.2 Å². The highest BCUT2D eigenvalue weighted by atomic mass is 16.4. The molecule has 1 saturated heterocycles. The quantitative estimate of drug-likeness (QED) is 0.251. The number of piperazine rings is 1. The number of nitrogens with one attached hydrogen (secondary N) is 1. The minimum absolute atomic E-state index is 0.199. The van der Waals surface area contributed by atoms with Gasteiger partial charge in [-0.25, -0.2) is 4.79 Å². The molecule has 3 heterocycles. The minimum atomic E-state index is -1.23. The number of hydrogen-bond acceptors (Lipinski definition) is 7. The lowest BCUT2D eigenvalue weighted by molar-refractivity contribution is -0.145. The van der Waals surface area contributed by atoms with Crippen molar-refractivity contribution >= 4 is 39.4 Å². The van der Waals surface area contributed by atoms with E-state index in [-0.39, 0.29) is 5.76 Å². The molecule has 0 saturated carbocycles. The number of aromatic amines is 1. The third-order valence-corrected chi connectivity index (χ3v) is 6.90. The number of carbonyl (C=O) groups is 2. The van der Waals surface area contributed by atoms with Gasteiger partial charge in [0, 0.05) is 54.4 Å². The van der Waals surface area contributed by atoms with E-state index in [1.54, 1.807) is 6.07 Å². The molecule has 1 unspecified atom stereocenters. The molecule has 0 bridgehead atoms. The SMILES string of the molecule is CC(O)C(=O)O.N#Cc1ccc2[nH]cc(CCCCN3CCN(c4ccc5oc(C(N)=O)cc5c4)CC3)c2c1. The second-order valence-corrected chi connectivity index (χ2v) is 9.68. The van der Waals surface area contributed by atoms with E-state index in [0.717, 1.165) is 68.6 Å². The summed E-state index contributed by atoms with van der Waals surface area (Å²) in [6, 6.07) is 15.8. The van der Waals surface area contributed by atoms with Crippen LogP contribution in [0.4, 0.5) is 5.69 Å². The van der Waals surface area contributed by atoms with Crippen molar-refractivity contribution in [3.05, 3.63) is 65.5 Å². The molecule has 1 aliphatic heterocycles. The standard InChI is InChI=1S/C26H27N5O2.C3H6O3/c27-16-18-4-6-23-22(13-18)19(17-29-23)3-1-2-8-30-9-11-31(12-10-30)21-5-7-24-20(14-21)15-25(33-24)26(28)32;1-2(4)3(5)6/h4-7,13-15,17,29H,1-3,8-12H2,(H2,28,32);2,4H,1H3,(H,5,6). The number of anilines is 1. The largest absolute Gasteiger partial charge is 0.479 e. The number of benzene rings is 2. The minimum Gasteiger partial charge on any atom is -0.479 e. The van der Waals surface area contributed by atoms with Gasteiger partial charge in [-0.05, 0) is 80.8 Å². The van der Waals surface area contributed by atoms with Crippen LogP contribution in [0.15, 0.2) is 53.1 Å². The number of H-pyrrole nitrogens is 1. The highest BCUT2D eigenvalue weighted by Crippen LogP contribution is 2.26. The molecule has 2 aromatic carbocycles. The first-order valence-electron chi connectivity index (χ1n) is 13.0. The van der Waals surface area contributed by atoms with Crippen LogP contribution >= 0.6 is 0 Å². The maximum atomic E-state index is 11.4. The monoisotopic (exact) mass is 531 g/mol. The number of unbranched alkanes of at least 4 members (excludes halogenated alkanes) is 1. The van der Waals surface area contributed by atoms with E-state index < -0.39 is 18.0 Å². The number of aliphatic hydroxyl groups excluding tert-OH is 1. The van der Waals surface area contributed by atoms with Gasteiger partial charge in [0.05, 0.1) is 11.6 Å². The van der Waals surface area contributed by atoms with E-state index in [2.05, 4.69) is 33.1 Å². The van der Waals surface area contributed by atoms with Crippen LogP contribution in [0, 0.1) is 11.3 Å². The summed E-state index contributed by atoms with van der Waals surface area (Å²) < 4.78 is 5.49. The Morgan fingerprint density at radius 2 is 1.87 bits per heavy atom. The topological polar surface area (TPSA) is 160 Å². The molecule has 0 aliphatic carbocycles. The number of fused-ring (bicyclic) bond motifs is 2. The van der Waals surface area contributed by atoms with Gasteiger partial charge in [0.2, 0.25) is 0 Å². The predicted octanol–water partition coefficient (Wildman–Crippen LogP) is 3.48. The highest BCUT2D eigenvalue weighted by Gasteiger charge is 2.18. The molecule has 39 heavy (non-hydrogen) atoms. The van der Waals surface area contributed by atoms with Crippen molar-refractivity contribution in [2.75, 3.05) is 37.6 Å². The van der Waals surface area contributed by atoms with Crippen molar-refractivity contribution in [3.8, 4) is 6.07 Å². The second kappa shape index (κ2) is 12.5. The van der Waals surface area contributed by atoms with Crippen LogP contribution in [0.25, 0.3) is 21.9 Å². The number of hydrogen-bond donors (Lipinski definition) is 4. The van der Waals surface area contributed by atoms with E-state index in [0.29, 0.717) is 11.1 Å². The van der Waals surface area contributed by atoms with Gasteiger partial charge in [0.1, 0.15) is 11.7 Å². The molecule has 1 amide bonds. The Balaban J connectivity index is 0.000000531. The van der Waals surface area contributed by atoms with Crippen molar-refractivity contribution in [1.82, 2.24) is 9.88 Å². The van der Waals surface area contributed by atoms with Gasteiger partial charge in [-0.1, -0.05) is 0 Å². The molecule has 204 valence electrons. The van der Waals surface area contributed by atoms with E-state index in [1.165, 1.54) is 17.9 Å². The van der Waals surface area contributed by atoms with Crippen molar-refractivity contribution < 1.29 is 24.2 Å². The number of aliphatic hydroxyl groups is 1. The Hall–Kier alpha value is -4.33. The number of furan rings is 1. The van der Waals surface area contributed by atoms with E-state index in [9.17, 15) is 9.59 Å². The number of aryl methyl sites for hydroxylation is 1. The second-order valence-electron chi connectivity index (χ2n) is 9.68. The molecular formula is C29H33N5O5. The summed E-state index contributed by atoms with van der Waals surface area (Å²) in [5.74, 6) is -1.53. The molecule has 10 nitrogen and oxygen atoms in total. The third-order valence-electron chi connectivity index (χ3n) is 6.90. The van der Waals surface area contributed by atoms with Crippen molar-refractivity contribution in [1.29, 1.82) is 5.26 Å². The summed E-state index contributed by atoms with van der Waals surface area (Å²) in [4.78, 5) is 29.0. The summed E-state index contributed by atoms with van der Waals surface area (Å²) >= 11 is 0. The summed E-state index contributed by atoms with van der Waals surface area (Å²) in [7, 11) is 0. The fourth-order valence-electron chi connectivity index (χ4n) is 4.68. The molecule has 5 rings (SSSR count). The number of amides is 1. The Morgan fingerprint density at radius 1 is 1.13 bits per heavy atom. The number of nitrogens with two attached hydrogens (primary N) is 1. The molecule has 0 spiro atoms. The predicted molar refractivity (Wildman–Crippen MR) is 149 cm³/mol. The maximum Gasteiger partial charge on any atom is 0.332 e. The third kappa shape index (κ3) is 6.96. The van der Waals surface area contributed by atoms with E-state index >= 15 is 0 Å². The summed E-state index contributed by atoms with van der Waals surface area (Å²) in [6.07, 6.45) is 4.15. The van der Waals surface area contributed by atoms with Gasteiger partial charge < -0.3 is 30.2 Å². The molecule has 2 aromatic heterocycles. The Labute approximate surface area is 226 Å². The van der Waals surface area contributed by atoms with Crippen LogP contribution in [0.5, 0.6) is 0 Å². The van der Waals surface area contributed by atoms with Crippen LogP contribution < -0.4 is 10.6 Å². The molecule has 10 heteroatoms. The van der Waals surface area contributed by atoms with Gasteiger partial charge in [-0.15, -0.1) is 0 Å². The smallest absolute Gasteiger partial charge is 0.332 e. The summed E-state index contributed by atoms with van der Waals surface area (Å²) in [5, 5.41) is 27.0. The lowest BCUT2D eigenvalue weighted by Gasteiger charge is -2.36. The van der Waals surface area contributed by atoms with Gasteiger partial charge in [-0.3, -0.25) is 9.69 Å². The highest BCUT2D eigenvalue weighted by molar-refractivity contribution is 5.95. The maximum absolute atomic E-state index is 11.4. The molecule has 5 N–H and O–H groups in total. The normalized spacial score (nSPS) is 14.5. The molecule has 4 aromatic rings. The number of primary amides is 1. The number of rotatable bonds is 8. The van der Waals surface area contributed by atoms with Crippen LogP contribution in [-0.4, -0.2) is 70.8 Å². The summed E-state index contributed by atoms with van der Waals surface area (Å²) in [5.41, 5.74) is 10.3. The lowest BCUT2D eigenvalue weighted by Crippen LogP contribution is -2.46. The number of carboxylic acid groups (broad SMARTS) is 1. The first kappa shape index (κ1) is 27.7. The zero-order valence-corrected chi connectivity index (χ0v) is 21.9. The Kier molecular flexibility index (Phi) is 8.86. The number of carboxylic acids is 1. The van der Waals surface area contributed by atoms with Crippen LogP contribution in [0.3, 0.4) is 0 Å². The number of nitrogens with zero attached hydrogens (tertiary/aromatic N) is 3. The van der Waals surface area contributed by atoms with Crippen molar-refractivity contribution in [3.63, 3.8) is 0 Å². The molecule has 1 aliphatic rings. The number of nitriles is 1. The van der Waals surface area contributed by atoms with Gasteiger partial charge in [-0.2, -0.15) is 5.26 Å². The number of aromatic nitrogens is 1. The Morgan fingerprint density at radius 3 is 2.54 bits per heavy atom. The van der Waals surface area contributed by atoms with E-state index in [1.807, 2.05) is 30.3 Å². The average Bonchev–Trinajstić information content (AvgIpc) is 3.55. The Bertz CT molecular complexity index is 1490. The van der Waals surface area contributed by atoms with Crippen molar-refractivity contribution in [2.24, 2.45) is 5.73 Å². The molecule has 1 fully saturated rings. The number of carbonyl (C=O) groups excluding carboxylic acids is 1. The molecule has 1 atom stereocenters. The molecule has 0 radical (unpaired) electrons. The van der Waals surface area contributed by atoms with Crippen molar-refractivity contribution in [2.45, 2.75) is 32.3 Å². The van der Waals surface area contributed by atoms with E-state index in [4.69, 9.17) is 25.6 Å². The lowest BCUT2D eigenvalue weighted by atomic mass is 10.1. The van der Waals surface area contributed by atoms with Gasteiger partial charge in [0.25, 0.3) is 5.91 Å². The van der Waals surface area contributed by atoms with Gasteiger partial charge >= 0.3 is 5.97 Å². The number of aliphatic carboxylic acids is 1. The molecular weight excluding hydrogens is 498 g/mol. The zero-order chi connectivity index (χ0) is 27.9. The first-order valence-corrected chi connectivity index (χ1v) is 13.0. The summed E-state index contributed by atoms with van der Waals surface area (Å²) in [6.45, 7) is 6.32. The fraction of sp³-hybridized carbons (Fsp3) is 0.345. The first-order chi connectivity index (χ1) is 18.7. The van der Waals surface area contributed by atoms with Crippen LogP contribution in [0.2, 0.25) is 0 Å².